The van der Waals surface area contributed by atoms with Gasteiger partial charge < -0.3 is 20.3 Å². The van der Waals surface area contributed by atoms with Gasteiger partial charge in [0.2, 0.25) is 0 Å². The molecule has 0 spiro atoms. The lowest BCUT2D eigenvalue weighted by Gasteiger charge is -2.38. The monoisotopic (exact) mass is 293 g/mol. The third kappa shape index (κ3) is 2.79. The molecule has 0 unspecified atom stereocenters. The van der Waals surface area contributed by atoms with E-state index in [0.29, 0.717) is 17.4 Å². The van der Waals surface area contributed by atoms with Crippen molar-refractivity contribution in [2.24, 2.45) is 0 Å². The van der Waals surface area contributed by atoms with Crippen LogP contribution >= 0.6 is 0 Å². The van der Waals surface area contributed by atoms with E-state index in [-0.39, 0.29) is 11.6 Å². The van der Waals surface area contributed by atoms with E-state index in [4.69, 9.17) is 10.5 Å². The summed E-state index contributed by atoms with van der Waals surface area (Å²) in [4.78, 5) is 4.71. The molecular weight excluding hydrogens is 269 g/mol. The van der Waals surface area contributed by atoms with Crippen LogP contribution in [-0.4, -0.2) is 44.2 Å². The number of likely N-dealkylation sites (tertiary alicyclic amines) is 1. The largest absolute Gasteiger partial charge is 0.492 e. The number of nitrogens with zero attached hydrogens (tertiary/aromatic N) is 2. The van der Waals surface area contributed by atoms with Gasteiger partial charge in [0.15, 0.2) is 11.6 Å². The topological polar surface area (TPSA) is 41.7 Å². The second-order valence-electron chi connectivity index (χ2n) is 5.98. The van der Waals surface area contributed by atoms with Crippen molar-refractivity contribution in [1.82, 2.24) is 4.90 Å². The zero-order chi connectivity index (χ0) is 14.8. The molecule has 0 bridgehead atoms. The molecular formula is C16H24FN3O. The zero-order valence-corrected chi connectivity index (χ0v) is 12.6. The minimum Gasteiger partial charge on any atom is -0.492 e. The summed E-state index contributed by atoms with van der Waals surface area (Å²) in [5.41, 5.74) is 6.71. The molecule has 0 atom stereocenters. The highest BCUT2D eigenvalue weighted by Crippen LogP contribution is 2.34. The molecule has 0 radical (unpaired) electrons. The van der Waals surface area contributed by atoms with Crippen LogP contribution in [0.1, 0.15) is 25.7 Å². The number of methoxy groups -OCH3 is 1. The van der Waals surface area contributed by atoms with Crippen molar-refractivity contribution in [3.8, 4) is 5.75 Å². The van der Waals surface area contributed by atoms with Gasteiger partial charge in [0, 0.05) is 19.1 Å². The maximum Gasteiger partial charge on any atom is 0.190 e. The van der Waals surface area contributed by atoms with Crippen LogP contribution in [0.3, 0.4) is 0 Å². The quantitative estimate of drug-likeness (QED) is 0.869. The predicted molar refractivity (Wildman–Crippen MR) is 83.4 cm³/mol. The fraction of sp³-hybridized carbons (Fsp3) is 0.625. The maximum atomic E-state index is 14.5. The van der Waals surface area contributed by atoms with Crippen LogP contribution in [0.25, 0.3) is 0 Å². The Labute approximate surface area is 125 Å². The number of hydrogen-bond acceptors (Lipinski definition) is 4. The summed E-state index contributed by atoms with van der Waals surface area (Å²) in [6, 6.07) is 4.16. The minimum atomic E-state index is -0.336. The normalized spacial score (nSPS) is 21.0. The smallest absolute Gasteiger partial charge is 0.190 e. The number of ether oxygens (including phenoxy) is 1. The van der Waals surface area contributed by atoms with Crippen LogP contribution in [-0.2, 0) is 0 Å². The maximum absolute atomic E-state index is 14.5. The molecule has 2 fully saturated rings. The van der Waals surface area contributed by atoms with Gasteiger partial charge in [-0.1, -0.05) is 0 Å². The van der Waals surface area contributed by atoms with E-state index in [1.807, 2.05) is 0 Å². The fourth-order valence-electron chi connectivity index (χ4n) is 3.59. The Hall–Kier alpha value is -1.49. The number of nitrogens with two attached hydrogens (primary N) is 1. The number of nitrogen functional groups attached to an aromatic ring is 1. The van der Waals surface area contributed by atoms with Gasteiger partial charge in [0.25, 0.3) is 0 Å². The molecule has 2 N–H and O–H groups in total. The van der Waals surface area contributed by atoms with E-state index < -0.39 is 0 Å². The van der Waals surface area contributed by atoms with E-state index >= 15 is 0 Å². The van der Waals surface area contributed by atoms with Crippen LogP contribution in [0.4, 0.5) is 15.8 Å². The average molecular weight is 293 g/mol. The summed E-state index contributed by atoms with van der Waals surface area (Å²) >= 11 is 0. The van der Waals surface area contributed by atoms with Crippen LogP contribution in [0.5, 0.6) is 5.75 Å². The molecule has 2 aliphatic heterocycles. The van der Waals surface area contributed by atoms with Crippen molar-refractivity contribution in [3.05, 3.63) is 17.9 Å². The van der Waals surface area contributed by atoms with Crippen molar-refractivity contribution in [3.63, 3.8) is 0 Å². The lowest BCUT2D eigenvalue weighted by molar-refractivity contribution is 0.207. The molecule has 2 saturated heterocycles. The highest BCUT2D eigenvalue weighted by atomic mass is 19.1. The van der Waals surface area contributed by atoms with Crippen molar-refractivity contribution < 1.29 is 9.13 Å². The van der Waals surface area contributed by atoms with Crippen molar-refractivity contribution in [2.45, 2.75) is 31.7 Å². The second kappa shape index (κ2) is 6.10. The van der Waals surface area contributed by atoms with E-state index in [0.717, 1.165) is 25.9 Å². The number of anilines is 2. The fourth-order valence-corrected chi connectivity index (χ4v) is 3.59. The molecule has 0 aromatic heterocycles. The molecule has 0 amide bonds. The molecule has 5 heteroatoms. The van der Waals surface area contributed by atoms with Crippen molar-refractivity contribution in [2.75, 3.05) is 43.9 Å². The standard InChI is InChI=1S/C16H24FN3O/c1-21-16-13(18)4-5-14(15(16)17)20-10-6-12(7-11-20)19-8-2-3-9-19/h4-5,12H,2-3,6-11,18H2,1H3. The summed E-state index contributed by atoms with van der Waals surface area (Å²) in [5, 5.41) is 0. The van der Waals surface area contributed by atoms with Crippen LogP contribution in [0, 0.1) is 5.82 Å². The summed E-state index contributed by atoms with van der Waals surface area (Å²) in [6.45, 7) is 4.25. The van der Waals surface area contributed by atoms with E-state index in [2.05, 4.69) is 9.80 Å². The van der Waals surface area contributed by atoms with Crippen molar-refractivity contribution in [1.29, 1.82) is 0 Å². The average Bonchev–Trinajstić information content (AvgIpc) is 3.02. The SMILES string of the molecule is COc1c(N)ccc(N2CCC(N3CCCC3)CC2)c1F. The zero-order valence-electron chi connectivity index (χ0n) is 12.6. The summed E-state index contributed by atoms with van der Waals surface area (Å²) in [5.74, 6) is -0.175. The highest BCUT2D eigenvalue weighted by molar-refractivity contribution is 5.63. The first-order valence-corrected chi connectivity index (χ1v) is 7.81. The summed E-state index contributed by atoms with van der Waals surface area (Å²) < 4.78 is 19.5. The third-order valence-electron chi connectivity index (χ3n) is 4.77. The molecule has 21 heavy (non-hydrogen) atoms. The molecule has 2 heterocycles. The van der Waals surface area contributed by atoms with Gasteiger partial charge in [-0.25, -0.2) is 4.39 Å². The molecule has 0 saturated carbocycles. The summed E-state index contributed by atoms with van der Waals surface area (Å²) in [7, 11) is 1.46. The number of halogens is 1. The minimum absolute atomic E-state index is 0.161. The molecule has 1 aromatic carbocycles. The van der Waals surface area contributed by atoms with Gasteiger partial charge in [-0.15, -0.1) is 0 Å². The molecule has 116 valence electrons. The molecule has 1 aromatic rings. The third-order valence-corrected chi connectivity index (χ3v) is 4.77. The van der Waals surface area contributed by atoms with Crippen molar-refractivity contribution >= 4 is 11.4 Å². The molecule has 3 rings (SSSR count). The van der Waals surface area contributed by atoms with Gasteiger partial charge in [0.05, 0.1) is 18.5 Å². The Balaban J connectivity index is 1.69. The Bertz CT molecular complexity index is 495. The lowest BCUT2D eigenvalue weighted by atomic mass is 10.0. The van der Waals surface area contributed by atoms with Gasteiger partial charge in [0.1, 0.15) is 0 Å². The van der Waals surface area contributed by atoms with E-state index in [1.54, 1.807) is 12.1 Å². The lowest BCUT2D eigenvalue weighted by Crippen LogP contribution is -2.44. The van der Waals surface area contributed by atoms with Gasteiger partial charge in [-0.3, -0.25) is 0 Å². The van der Waals surface area contributed by atoms with Gasteiger partial charge in [-0.2, -0.15) is 0 Å². The highest BCUT2D eigenvalue weighted by Gasteiger charge is 2.28. The van der Waals surface area contributed by atoms with Crippen LogP contribution < -0.4 is 15.4 Å². The first-order valence-electron chi connectivity index (χ1n) is 7.81. The molecule has 4 nitrogen and oxygen atoms in total. The van der Waals surface area contributed by atoms with E-state index in [1.165, 1.54) is 33.0 Å². The second-order valence-corrected chi connectivity index (χ2v) is 5.98. The van der Waals surface area contributed by atoms with Gasteiger partial charge >= 0.3 is 0 Å². The Morgan fingerprint density at radius 2 is 1.81 bits per heavy atom. The Morgan fingerprint density at radius 1 is 1.14 bits per heavy atom. The number of rotatable bonds is 3. The molecule has 2 aliphatic rings. The first kappa shape index (κ1) is 14.4. The Morgan fingerprint density at radius 3 is 2.43 bits per heavy atom. The molecule has 0 aliphatic carbocycles. The summed E-state index contributed by atoms with van der Waals surface area (Å²) in [6.07, 6.45) is 4.85. The van der Waals surface area contributed by atoms with Gasteiger partial charge in [-0.05, 0) is 50.9 Å². The first-order chi connectivity index (χ1) is 10.2. The number of piperidine rings is 1. The predicted octanol–water partition coefficient (Wildman–Crippen LogP) is 2.48. The van der Waals surface area contributed by atoms with Crippen LogP contribution in [0.15, 0.2) is 12.1 Å². The Kier molecular flexibility index (Phi) is 4.19. The number of benzene rings is 1. The van der Waals surface area contributed by atoms with E-state index in [9.17, 15) is 4.39 Å². The van der Waals surface area contributed by atoms with Crippen LogP contribution in [0.2, 0.25) is 0 Å². The number of hydrogen-bond donors (Lipinski definition) is 1.